The lowest BCUT2D eigenvalue weighted by atomic mass is 9.95. The van der Waals surface area contributed by atoms with Crippen molar-refractivity contribution in [2.75, 3.05) is 13.1 Å². The third-order valence-corrected chi connectivity index (χ3v) is 3.93. The molecule has 1 aromatic rings. The SMILES string of the molecule is C[C@@](C=O)(OCc1ccccc1)[C@@H]1CCCN1CC#N. The first-order valence-corrected chi connectivity index (χ1v) is 6.95. The van der Waals surface area contributed by atoms with Gasteiger partial charge in [-0.15, -0.1) is 0 Å². The van der Waals surface area contributed by atoms with E-state index in [4.69, 9.17) is 10.00 Å². The average molecular weight is 272 g/mol. The minimum absolute atomic E-state index is 0.0108. The second kappa shape index (κ2) is 6.65. The van der Waals surface area contributed by atoms with Gasteiger partial charge in [0.05, 0.1) is 19.2 Å². The first kappa shape index (κ1) is 14.7. The molecule has 1 aromatic carbocycles. The zero-order valence-electron chi connectivity index (χ0n) is 11.8. The summed E-state index contributed by atoms with van der Waals surface area (Å²) in [5.74, 6) is 0. The Morgan fingerprint density at radius 3 is 2.90 bits per heavy atom. The highest BCUT2D eigenvalue weighted by atomic mass is 16.5. The van der Waals surface area contributed by atoms with Crippen molar-refractivity contribution >= 4 is 6.29 Å². The van der Waals surface area contributed by atoms with Gasteiger partial charge in [-0.1, -0.05) is 30.3 Å². The summed E-state index contributed by atoms with van der Waals surface area (Å²) in [4.78, 5) is 13.6. The Morgan fingerprint density at radius 1 is 1.50 bits per heavy atom. The van der Waals surface area contributed by atoms with Gasteiger partial charge in [-0.05, 0) is 31.9 Å². The largest absolute Gasteiger partial charge is 0.361 e. The molecule has 2 atom stereocenters. The van der Waals surface area contributed by atoms with Crippen molar-refractivity contribution in [1.82, 2.24) is 4.90 Å². The molecule has 2 rings (SSSR count). The molecule has 0 unspecified atom stereocenters. The predicted octanol–water partition coefficient (Wildman–Crippen LogP) is 2.15. The number of benzene rings is 1. The standard InChI is InChI=1S/C16H20N2O2/c1-16(13-19,15-8-5-10-18(15)11-9-17)20-12-14-6-3-2-4-7-14/h2-4,6-7,13,15H,5,8,10-12H2,1H3/t15-,16-/m0/s1. The van der Waals surface area contributed by atoms with Crippen LogP contribution in [-0.2, 0) is 16.1 Å². The molecule has 1 aliphatic rings. The maximum absolute atomic E-state index is 11.6. The highest BCUT2D eigenvalue weighted by molar-refractivity contribution is 5.63. The fourth-order valence-electron chi connectivity index (χ4n) is 2.78. The van der Waals surface area contributed by atoms with E-state index >= 15 is 0 Å². The van der Waals surface area contributed by atoms with Crippen LogP contribution in [0.3, 0.4) is 0 Å². The van der Waals surface area contributed by atoms with Gasteiger partial charge < -0.3 is 9.53 Å². The maximum Gasteiger partial charge on any atom is 0.153 e. The first-order chi connectivity index (χ1) is 9.69. The second-order valence-electron chi connectivity index (χ2n) is 5.36. The number of nitriles is 1. The molecular formula is C16H20N2O2. The molecule has 0 amide bonds. The van der Waals surface area contributed by atoms with Crippen molar-refractivity contribution in [3.8, 4) is 6.07 Å². The van der Waals surface area contributed by atoms with Gasteiger partial charge in [-0.25, -0.2) is 0 Å². The number of nitrogens with zero attached hydrogens (tertiary/aromatic N) is 2. The lowest BCUT2D eigenvalue weighted by Crippen LogP contribution is -2.50. The van der Waals surface area contributed by atoms with Crippen LogP contribution in [0, 0.1) is 11.3 Å². The molecule has 1 fully saturated rings. The molecule has 0 N–H and O–H groups in total. The van der Waals surface area contributed by atoms with Gasteiger partial charge >= 0.3 is 0 Å². The number of aldehydes is 1. The van der Waals surface area contributed by atoms with E-state index in [1.165, 1.54) is 0 Å². The van der Waals surface area contributed by atoms with Crippen LogP contribution in [0.5, 0.6) is 0 Å². The molecule has 0 saturated carbocycles. The van der Waals surface area contributed by atoms with Gasteiger partial charge in [0.25, 0.3) is 0 Å². The van der Waals surface area contributed by atoms with E-state index in [1.54, 1.807) is 0 Å². The van der Waals surface area contributed by atoms with Crippen molar-refractivity contribution in [2.24, 2.45) is 0 Å². The fourth-order valence-corrected chi connectivity index (χ4v) is 2.78. The molecule has 1 saturated heterocycles. The summed E-state index contributed by atoms with van der Waals surface area (Å²) in [5.41, 5.74) is 0.189. The van der Waals surface area contributed by atoms with Crippen molar-refractivity contribution in [2.45, 2.75) is 38.0 Å². The van der Waals surface area contributed by atoms with E-state index in [2.05, 4.69) is 6.07 Å². The molecule has 0 bridgehead atoms. The molecule has 1 heterocycles. The van der Waals surface area contributed by atoms with Gasteiger partial charge in [-0.2, -0.15) is 5.26 Å². The summed E-state index contributed by atoms with van der Waals surface area (Å²) in [6.07, 6.45) is 2.78. The van der Waals surface area contributed by atoms with Crippen molar-refractivity contribution in [3.05, 3.63) is 35.9 Å². The quantitative estimate of drug-likeness (QED) is 0.588. The van der Waals surface area contributed by atoms with Crippen LogP contribution in [0.2, 0.25) is 0 Å². The zero-order chi connectivity index (χ0) is 14.4. The van der Waals surface area contributed by atoms with Crippen LogP contribution in [0.15, 0.2) is 30.3 Å². The number of carbonyl (C=O) groups is 1. The smallest absolute Gasteiger partial charge is 0.153 e. The van der Waals surface area contributed by atoms with Gasteiger partial charge in [0.1, 0.15) is 5.60 Å². The second-order valence-corrected chi connectivity index (χ2v) is 5.36. The van der Waals surface area contributed by atoms with Crippen LogP contribution in [0.25, 0.3) is 0 Å². The van der Waals surface area contributed by atoms with E-state index in [1.807, 2.05) is 42.2 Å². The molecule has 0 radical (unpaired) electrons. The number of ether oxygens (including phenoxy) is 1. The average Bonchev–Trinajstić information content (AvgIpc) is 2.95. The summed E-state index contributed by atoms with van der Waals surface area (Å²) in [7, 11) is 0. The monoisotopic (exact) mass is 272 g/mol. The van der Waals surface area contributed by atoms with Crippen molar-refractivity contribution in [1.29, 1.82) is 5.26 Å². The Bertz CT molecular complexity index is 483. The van der Waals surface area contributed by atoms with Gasteiger partial charge in [-0.3, -0.25) is 4.90 Å². The summed E-state index contributed by atoms with van der Waals surface area (Å²) in [5, 5.41) is 8.87. The molecule has 0 aromatic heterocycles. The molecular weight excluding hydrogens is 252 g/mol. The molecule has 1 aliphatic heterocycles. The first-order valence-electron chi connectivity index (χ1n) is 6.95. The molecule has 0 aliphatic carbocycles. The third-order valence-electron chi connectivity index (χ3n) is 3.93. The predicted molar refractivity (Wildman–Crippen MR) is 75.9 cm³/mol. The van der Waals surface area contributed by atoms with E-state index in [0.29, 0.717) is 13.2 Å². The Hall–Kier alpha value is -1.70. The van der Waals surface area contributed by atoms with Crippen LogP contribution in [0.4, 0.5) is 0 Å². The number of carbonyl (C=O) groups excluding carboxylic acids is 1. The number of hydrogen-bond acceptors (Lipinski definition) is 4. The zero-order valence-corrected chi connectivity index (χ0v) is 11.8. The third kappa shape index (κ3) is 3.24. The normalized spacial score (nSPS) is 22.1. The topological polar surface area (TPSA) is 53.3 Å². The number of hydrogen-bond donors (Lipinski definition) is 0. The molecule has 0 spiro atoms. The van der Waals surface area contributed by atoms with Crippen LogP contribution < -0.4 is 0 Å². The molecule has 4 nitrogen and oxygen atoms in total. The van der Waals surface area contributed by atoms with Gasteiger partial charge in [0.2, 0.25) is 0 Å². The van der Waals surface area contributed by atoms with E-state index in [9.17, 15) is 4.79 Å². The van der Waals surface area contributed by atoms with E-state index in [0.717, 1.165) is 31.2 Å². The lowest BCUT2D eigenvalue weighted by molar-refractivity contribution is -0.139. The highest BCUT2D eigenvalue weighted by Crippen LogP contribution is 2.29. The van der Waals surface area contributed by atoms with Crippen LogP contribution in [0.1, 0.15) is 25.3 Å². The van der Waals surface area contributed by atoms with Crippen molar-refractivity contribution in [3.63, 3.8) is 0 Å². The van der Waals surface area contributed by atoms with Gasteiger partial charge in [0.15, 0.2) is 6.29 Å². The van der Waals surface area contributed by atoms with Crippen LogP contribution in [-0.4, -0.2) is 35.9 Å². The summed E-state index contributed by atoms with van der Waals surface area (Å²) < 4.78 is 5.91. The van der Waals surface area contributed by atoms with E-state index in [-0.39, 0.29) is 6.04 Å². The van der Waals surface area contributed by atoms with Crippen molar-refractivity contribution < 1.29 is 9.53 Å². The van der Waals surface area contributed by atoms with Gasteiger partial charge in [0, 0.05) is 6.04 Å². The minimum atomic E-state index is -0.858. The summed E-state index contributed by atoms with van der Waals surface area (Å²) in [6.45, 7) is 3.44. The lowest BCUT2D eigenvalue weighted by Gasteiger charge is -2.35. The highest BCUT2D eigenvalue weighted by Gasteiger charge is 2.41. The molecule has 106 valence electrons. The minimum Gasteiger partial charge on any atom is -0.361 e. The number of likely N-dealkylation sites (tertiary alicyclic amines) is 1. The fraction of sp³-hybridized carbons (Fsp3) is 0.500. The summed E-state index contributed by atoms with van der Waals surface area (Å²) in [6, 6.07) is 12.0. The van der Waals surface area contributed by atoms with E-state index < -0.39 is 5.60 Å². The molecule has 4 heteroatoms. The molecule has 20 heavy (non-hydrogen) atoms. The summed E-state index contributed by atoms with van der Waals surface area (Å²) >= 11 is 0. The Balaban J connectivity index is 2.05. The van der Waals surface area contributed by atoms with Crippen LogP contribution >= 0.6 is 0 Å². The Kier molecular flexibility index (Phi) is 4.89. The number of rotatable bonds is 6. The maximum atomic E-state index is 11.6. The Labute approximate surface area is 120 Å². The Morgan fingerprint density at radius 2 is 2.25 bits per heavy atom.